The SMILES string of the molecule is CCCC1(O)CN(C(=O)CC(CN)CC(C)C)C1. The van der Waals surface area contributed by atoms with Gasteiger partial charge in [-0.1, -0.05) is 27.2 Å². The van der Waals surface area contributed by atoms with Crippen molar-refractivity contribution in [3.05, 3.63) is 0 Å². The number of carbonyl (C=O) groups excluding carboxylic acids is 1. The molecule has 4 nitrogen and oxygen atoms in total. The molecule has 0 aliphatic carbocycles. The highest BCUT2D eigenvalue weighted by Crippen LogP contribution is 2.27. The maximum Gasteiger partial charge on any atom is 0.223 e. The second-order valence-corrected chi connectivity index (χ2v) is 6.16. The van der Waals surface area contributed by atoms with Gasteiger partial charge in [0.25, 0.3) is 0 Å². The van der Waals surface area contributed by atoms with E-state index in [1.807, 2.05) is 0 Å². The molecule has 0 bridgehead atoms. The van der Waals surface area contributed by atoms with Gasteiger partial charge in [-0.25, -0.2) is 0 Å². The van der Waals surface area contributed by atoms with E-state index in [4.69, 9.17) is 5.73 Å². The molecule has 1 aliphatic rings. The summed E-state index contributed by atoms with van der Waals surface area (Å²) in [6.45, 7) is 7.91. The molecule has 1 unspecified atom stereocenters. The zero-order valence-electron chi connectivity index (χ0n) is 12.0. The molecule has 0 aromatic heterocycles. The van der Waals surface area contributed by atoms with Crippen molar-refractivity contribution in [1.82, 2.24) is 4.90 Å². The van der Waals surface area contributed by atoms with Gasteiger partial charge < -0.3 is 15.7 Å². The summed E-state index contributed by atoms with van der Waals surface area (Å²) in [5.74, 6) is 0.990. The molecule has 0 radical (unpaired) electrons. The first-order chi connectivity index (χ1) is 8.40. The standard InChI is InChI=1S/C14H28N2O2/c1-4-5-14(18)9-16(10-14)13(17)7-12(8-15)6-11(2)3/h11-12,18H,4-10,15H2,1-3H3. The van der Waals surface area contributed by atoms with Crippen molar-refractivity contribution < 1.29 is 9.90 Å². The van der Waals surface area contributed by atoms with Crippen molar-refractivity contribution >= 4 is 5.91 Å². The van der Waals surface area contributed by atoms with Crippen LogP contribution in [0, 0.1) is 11.8 Å². The zero-order valence-corrected chi connectivity index (χ0v) is 12.0. The van der Waals surface area contributed by atoms with E-state index >= 15 is 0 Å². The van der Waals surface area contributed by atoms with Gasteiger partial charge in [-0.15, -0.1) is 0 Å². The topological polar surface area (TPSA) is 66.6 Å². The van der Waals surface area contributed by atoms with Gasteiger partial charge in [-0.05, 0) is 31.2 Å². The molecule has 1 saturated heterocycles. The van der Waals surface area contributed by atoms with E-state index in [1.165, 1.54) is 0 Å². The second-order valence-electron chi connectivity index (χ2n) is 6.16. The van der Waals surface area contributed by atoms with E-state index in [-0.39, 0.29) is 11.8 Å². The molecule has 0 spiro atoms. The fraction of sp³-hybridized carbons (Fsp3) is 0.929. The number of hydrogen-bond donors (Lipinski definition) is 2. The van der Waals surface area contributed by atoms with E-state index in [1.54, 1.807) is 4.90 Å². The molecule has 1 atom stereocenters. The lowest BCUT2D eigenvalue weighted by Crippen LogP contribution is -2.63. The van der Waals surface area contributed by atoms with E-state index in [0.717, 1.165) is 19.3 Å². The molecular formula is C14H28N2O2. The van der Waals surface area contributed by atoms with Gasteiger partial charge in [0.1, 0.15) is 0 Å². The largest absolute Gasteiger partial charge is 0.386 e. The third-order valence-electron chi connectivity index (χ3n) is 3.64. The quantitative estimate of drug-likeness (QED) is 0.723. The van der Waals surface area contributed by atoms with Crippen LogP contribution in [-0.2, 0) is 4.79 Å². The molecule has 4 heteroatoms. The van der Waals surface area contributed by atoms with Crippen LogP contribution in [0.25, 0.3) is 0 Å². The minimum absolute atomic E-state index is 0.145. The van der Waals surface area contributed by atoms with Crippen molar-refractivity contribution in [3.8, 4) is 0 Å². The zero-order chi connectivity index (χ0) is 13.8. The third kappa shape index (κ3) is 4.25. The molecule has 106 valence electrons. The number of β-amino-alcohol motifs (C(OH)–C–C–N with tert-alkyl or cyclic N) is 1. The van der Waals surface area contributed by atoms with Crippen LogP contribution >= 0.6 is 0 Å². The van der Waals surface area contributed by atoms with Crippen LogP contribution in [0.3, 0.4) is 0 Å². The van der Waals surface area contributed by atoms with Gasteiger partial charge in [-0.2, -0.15) is 0 Å². The highest BCUT2D eigenvalue weighted by atomic mass is 16.3. The number of amides is 1. The van der Waals surface area contributed by atoms with Gasteiger partial charge in [0.15, 0.2) is 0 Å². The molecule has 1 fully saturated rings. The Labute approximate surface area is 111 Å². The maximum absolute atomic E-state index is 12.0. The normalized spacial score (nSPS) is 19.8. The predicted molar refractivity (Wildman–Crippen MR) is 73.1 cm³/mol. The Balaban J connectivity index is 2.34. The summed E-state index contributed by atoms with van der Waals surface area (Å²) in [6, 6.07) is 0. The van der Waals surface area contributed by atoms with Crippen LogP contribution < -0.4 is 5.73 Å². The van der Waals surface area contributed by atoms with Crippen LogP contribution in [0.15, 0.2) is 0 Å². The summed E-state index contributed by atoms with van der Waals surface area (Å²) < 4.78 is 0. The van der Waals surface area contributed by atoms with Crippen molar-refractivity contribution in [1.29, 1.82) is 0 Å². The maximum atomic E-state index is 12.0. The summed E-state index contributed by atoms with van der Waals surface area (Å²) in [7, 11) is 0. The van der Waals surface area contributed by atoms with Gasteiger partial charge in [0.2, 0.25) is 5.91 Å². The lowest BCUT2D eigenvalue weighted by molar-refractivity contribution is -0.157. The fourth-order valence-corrected chi connectivity index (χ4v) is 2.77. The monoisotopic (exact) mass is 256 g/mol. The van der Waals surface area contributed by atoms with Gasteiger partial charge >= 0.3 is 0 Å². The summed E-state index contributed by atoms with van der Waals surface area (Å²) in [4.78, 5) is 13.8. The Morgan fingerprint density at radius 2 is 2.06 bits per heavy atom. The molecule has 1 rings (SSSR count). The summed E-state index contributed by atoms with van der Waals surface area (Å²) >= 11 is 0. The van der Waals surface area contributed by atoms with Crippen LogP contribution in [-0.4, -0.2) is 41.1 Å². The minimum atomic E-state index is -0.624. The van der Waals surface area contributed by atoms with Crippen molar-refractivity contribution in [2.24, 2.45) is 17.6 Å². The van der Waals surface area contributed by atoms with Gasteiger partial charge in [0, 0.05) is 6.42 Å². The van der Waals surface area contributed by atoms with E-state index in [2.05, 4.69) is 20.8 Å². The molecule has 0 saturated carbocycles. The van der Waals surface area contributed by atoms with Crippen LogP contribution in [0.4, 0.5) is 0 Å². The average molecular weight is 256 g/mol. The molecule has 0 aromatic carbocycles. The Morgan fingerprint density at radius 3 is 2.50 bits per heavy atom. The van der Waals surface area contributed by atoms with Crippen LogP contribution in [0.2, 0.25) is 0 Å². The number of carbonyl (C=O) groups is 1. The predicted octanol–water partition coefficient (Wildman–Crippen LogP) is 1.37. The Hall–Kier alpha value is -0.610. The van der Waals surface area contributed by atoms with Crippen molar-refractivity contribution in [3.63, 3.8) is 0 Å². The smallest absolute Gasteiger partial charge is 0.223 e. The van der Waals surface area contributed by atoms with Gasteiger partial charge in [0.05, 0.1) is 18.7 Å². The number of aliphatic hydroxyl groups is 1. The highest BCUT2D eigenvalue weighted by molar-refractivity contribution is 5.77. The lowest BCUT2D eigenvalue weighted by atomic mass is 9.87. The molecule has 0 aromatic rings. The van der Waals surface area contributed by atoms with E-state index in [9.17, 15) is 9.90 Å². The molecule has 1 aliphatic heterocycles. The minimum Gasteiger partial charge on any atom is -0.386 e. The van der Waals surface area contributed by atoms with Gasteiger partial charge in [-0.3, -0.25) is 4.79 Å². The van der Waals surface area contributed by atoms with Crippen LogP contribution in [0.5, 0.6) is 0 Å². The Bertz CT molecular complexity index is 273. The van der Waals surface area contributed by atoms with E-state index < -0.39 is 5.60 Å². The Morgan fingerprint density at radius 1 is 1.44 bits per heavy atom. The van der Waals surface area contributed by atoms with Crippen molar-refractivity contribution in [2.75, 3.05) is 19.6 Å². The number of hydrogen-bond acceptors (Lipinski definition) is 3. The molecule has 1 amide bonds. The number of likely N-dealkylation sites (tertiary alicyclic amines) is 1. The fourth-order valence-electron chi connectivity index (χ4n) is 2.77. The lowest BCUT2D eigenvalue weighted by Gasteiger charge is -2.47. The summed E-state index contributed by atoms with van der Waals surface area (Å²) in [5.41, 5.74) is 5.09. The average Bonchev–Trinajstić information content (AvgIpc) is 2.24. The first-order valence-electron chi connectivity index (χ1n) is 7.10. The molecule has 18 heavy (non-hydrogen) atoms. The molecule has 1 heterocycles. The highest BCUT2D eigenvalue weighted by Gasteiger charge is 2.42. The van der Waals surface area contributed by atoms with Crippen molar-refractivity contribution in [2.45, 2.75) is 52.1 Å². The Kier molecular flexibility index (Phi) is 5.60. The summed E-state index contributed by atoms with van der Waals surface area (Å²) in [5, 5.41) is 10.0. The first-order valence-corrected chi connectivity index (χ1v) is 7.10. The number of rotatable bonds is 7. The third-order valence-corrected chi connectivity index (χ3v) is 3.64. The number of nitrogens with two attached hydrogens (primary N) is 1. The van der Waals surface area contributed by atoms with E-state index in [0.29, 0.717) is 32.0 Å². The van der Waals surface area contributed by atoms with Crippen LogP contribution in [0.1, 0.15) is 46.5 Å². The number of nitrogens with zero attached hydrogens (tertiary/aromatic N) is 1. The second kappa shape index (κ2) is 6.53. The molecule has 3 N–H and O–H groups in total. The first kappa shape index (κ1) is 15.4. The molecular weight excluding hydrogens is 228 g/mol. The summed E-state index contributed by atoms with van der Waals surface area (Å²) in [6.07, 6.45) is 3.26.